The minimum Gasteiger partial charge on any atom is -0.462 e. The van der Waals surface area contributed by atoms with Crippen molar-refractivity contribution in [2.45, 2.75) is 114 Å². The van der Waals surface area contributed by atoms with Crippen LogP contribution >= 0.6 is 0 Å². The SMILES string of the molecule is CC(C)(C)C(=O)OC[C@H]1O[C@@H](/N=C/c2cccnc2)[C@H](OC(=O)C(C)(C)C)[C@@H](OC(=O)C(C)(C)C)[C@H]1OC(=O)C(C)(C)C. The lowest BCUT2D eigenvalue weighted by molar-refractivity contribution is -0.258. The van der Waals surface area contributed by atoms with Crippen molar-refractivity contribution < 1.29 is 42.9 Å². The van der Waals surface area contributed by atoms with E-state index in [9.17, 15) is 19.2 Å². The maximum Gasteiger partial charge on any atom is 0.311 e. The van der Waals surface area contributed by atoms with Crippen molar-refractivity contribution in [1.82, 2.24) is 4.98 Å². The predicted molar refractivity (Wildman–Crippen MR) is 159 cm³/mol. The topological polar surface area (TPSA) is 140 Å². The Bertz CT molecular complexity index is 1170. The molecule has 0 aliphatic carbocycles. The number of carbonyl (C=O) groups excluding carboxylic acids is 4. The number of nitrogens with zero attached hydrogens (tertiary/aromatic N) is 2. The monoisotopic (exact) mass is 604 g/mol. The second-order valence-electron chi connectivity index (χ2n) is 14.8. The molecule has 2 rings (SSSR count). The fraction of sp³-hybridized carbons (Fsp3) is 0.688. The smallest absolute Gasteiger partial charge is 0.311 e. The Morgan fingerprint density at radius 1 is 0.744 bits per heavy atom. The molecule has 0 saturated carbocycles. The first-order chi connectivity index (χ1) is 19.5. The molecule has 240 valence electrons. The van der Waals surface area contributed by atoms with E-state index in [0.717, 1.165) is 0 Å². The van der Waals surface area contributed by atoms with E-state index in [1.807, 2.05) is 0 Å². The van der Waals surface area contributed by atoms with Gasteiger partial charge in [-0.05, 0) is 89.2 Å². The molecule has 1 aliphatic heterocycles. The van der Waals surface area contributed by atoms with Gasteiger partial charge in [-0.15, -0.1) is 0 Å². The molecule has 0 unspecified atom stereocenters. The molecular weight excluding hydrogens is 556 g/mol. The third kappa shape index (κ3) is 10.4. The second kappa shape index (κ2) is 13.5. The summed E-state index contributed by atoms with van der Waals surface area (Å²) in [5.41, 5.74) is -3.04. The van der Waals surface area contributed by atoms with Crippen molar-refractivity contribution in [2.24, 2.45) is 26.7 Å². The number of carbonyl (C=O) groups is 4. The first-order valence-electron chi connectivity index (χ1n) is 14.4. The van der Waals surface area contributed by atoms with Crippen LogP contribution in [0.3, 0.4) is 0 Å². The zero-order chi connectivity index (χ0) is 33.0. The van der Waals surface area contributed by atoms with E-state index in [1.165, 1.54) is 6.21 Å². The maximum atomic E-state index is 13.3. The van der Waals surface area contributed by atoms with Crippen LogP contribution < -0.4 is 0 Å². The van der Waals surface area contributed by atoms with Gasteiger partial charge in [-0.2, -0.15) is 0 Å². The summed E-state index contributed by atoms with van der Waals surface area (Å²) in [6.45, 7) is 19.8. The van der Waals surface area contributed by atoms with Crippen LogP contribution in [0.25, 0.3) is 0 Å². The fourth-order valence-electron chi connectivity index (χ4n) is 3.44. The van der Waals surface area contributed by atoms with Gasteiger partial charge in [-0.1, -0.05) is 6.07 Å². The van der Waals surface area contributed by atoms with Crippen LogP contribution in [0.1, 0.15) is 88.6 Å². The Morgan fingerprint density at radius 2 is 1.21 bits per heavy atom. The molecule has 11 heteroatoms. The number of aliphatic imine (C=N–C) groups is 1. The summed E-state index contributed by atoms with van der Waals surface area (Å²) in [7, 11) is 0. The Balaban J connectivity index is 2.70. The van der Waals surface area contributed by atoms with Crippen LogP contribution in [0.15, 0.2) is 29.5 Å². The summed E-state index contributed by atoms with van der Waals surface area (Å²) in [6.07, 6.45) is -1.67. The summed E-state index contributed by atoms with van der Waals surface area (Å²) in [4.78, 5) is 61.1. The first-order valence-corrected chi connectivity index (χ1v) is 14.4. The summed E-state index contributed by atoms with van der Waals surface area (Å²) in [5.74, 6) is -2.38. The molecule has 0 aromatic carbocycles. The second-order valence-corrected chi connectivity index (χ2v) is 14.8. The fourth-order valence-corrected chi connectivity index (χ4v) is 3.44. The van der Waals surface area contributed by atoms with Gasteiger partial charge in [0.15, 0.2) is 24.5 Å². The molecule has 1 fully saturated rings. The molecule has 5 atom stereocenters. The largest absolute Gasteiger partial charge is 0.462 e. The summed E-state index contributed by atoms with van der Waals surface area (Å²) in [5, 5.41) is 0. The molecule has 1 aromatic heterocycles. The van der Waals surface area contributed by atoms with E-state index in [2.05, 4.69) is 9.98 Å². The minimum absolute atomic E-state index is 0.347. The molecule has 0 bridgehead atoms. The number of aromatic nitrogens is 1. The van der Waals surface area contributed by atoms with Crippen LogP contribution in [-0.4, -0.2) is 72.3 Å². The van der Waals surface area contributed by atoms with Crippen molar-refractivity contribution in [2.75, 3.05) is 6.61 Å². The van der Waals surface area contributed by atoms with Gasteiger partial charge >= 0.3 is 23.9 Å². The van der Waals surface area contributed by atoms with Gasteiger partial charge in [-0.25, -0.2) is 0 Å². The molecule has 43 heavy (non-hydrogen) atoms. The zero-order valence-corrected chi connectivity index (χ0v) is 27.5. The highest BCUT2D eigenvalue weighted by atomic mass is 16.7. The average Bonchev–Trinajstić information content (AvgIpc) is 2.86. The third-order valence-corrected chi connectivity index (χ3v) is 6.22. The number of hydrogen-bond acceptors (Lipinski definition) is 11. The lowest BCUT2D eigenvalue weighted by Crippen LogP contribution is -2.63. The zero-order valence-electron chi connectivity index (χ0n) is 27.5. The van der Waals surface area contributed by atoms with Gasteiger partial charge in [0.1, 0.15) is 12.7 Å². The van der Waals surface area contributed by atoms with Gasteiger partial charge in [0.05, 0.1) is 21.7 Å². The van der Waals surface area contributed by atoms with E-state index < -0.39 is 76.2 Å². The quantitative estimate of drug-likeness (QED) is 0.245. The van der Waals surface area contributed by atoms with Gasteiger partial charge in [0, 0.05) is 24.2 Å². The van der Waals surface area contributed by atoms with Crippen LogP contribution in [-0.2, 0) is 42.9 Å². The molecular formula is C32H48N2O9. The van der Waals surface area contributed by atoms with Crippen LogP contribution in [0.5, 0.6) is 0 Å². The van der Waals surface area contributed by atoms with E-state index in [0.29, 0.717) is 5.56 Å². The van der Waals surface area contributed by atoms with Gasteiger partial charge < -0.3 is 23.7 Å². The number of rotatable bonds is 7. The molecule has 0 N–H and O–H groups in total. The standard InChI is InChI=1S/C32H48N2O9/c1-29(2,3)25(35)39-18-20-21(41-26(36)30(4,5)6)22(42-27(37)31(7,8)9)23(43-28(38)32(10,11)12)24(40-20)34-17-19-14-13-15-33-16-19/h13-17,20-24H,18H2,1-12H3/b34-17+/t20-,21+,22+,23-,24-/m1/s1. The predicted octanol–water partition coefficient (Wildman–Crippen LogP) is 4.69. The van der Waals surface area contributed by atoms with E-state index in [4.69, 9.17) is 23.7 Å². The maximum absolute atomic E-state index is 13.3. The first kappa shape index (κ1) is 35.9. The number of ether oxygens (including phenoxy) is 5. The van der Waals surface area contributed by atoms with Crippen molar-refractivity contribution in [3.8, 4) is 0 Å². The highest BCUT2D eigenvalue weighted by molar-refractivity contribution is 5.80. The van der Waals surface area contributed by atoms with Crippen LogP contribution in [0.2, 0.25) is 0 Å². The molecule has 1 aromatic rings. The third-order valence-electron chi connectivity index (χ3n) is 6.22. The number of esters is 4. The van der Waals surface area contributed by atoms with Gasteiger partial charge in [0.2, 0.25) is 0 Å². The molecule has 1 aliphatic rings. The van der Waals surface area contributed by atoms with Crippen LogP contribution in [0.4, 0.5) is 0 Å². The molecule has 0 radical (unpaired) electrons. The Morgan fingerprint density at radius 3 is 1.65 bits per heavy atom. The molecule has 11 nitrogen and oxygen atoms in total. The van der Waals surface area contributed by atoms with Crippen LogP contribution in [0, 0.1) is 21.7 Å². The Kier molecular flexibility index (Phi) is 11.3. The van der Waals surface area contributed by atoms with Gasteiger partial charge in [-0.3, -0.25) is 29.2 Å². The van der Waals surface area contributed by atoms with Crippen molar-refractivity contribution in [1.29, 1.82) is 0 Å². The van der Waals surface area contributed by atoms with E-state index in [-0.39, 0.29) is 6.61 Å². The lowest BCUT2D eigenvalue weighted by atomic mass is 9.92. The molecule has 2 heterocycles. The highest BCUT2D eigenvalue weighted by Gasteiger charge is 2.54. The summed E-state index contributed by atoms with van der Waals surface area (Å²) in [6, 6.07) is 3.49. The molecule has 0 spiro atoms. The Labute approximate surface area is 255 Å². The van der Waals surface area contributed by atoms with E-state index >= 15 is 0 Å². The summed E-state index contributed by atoms with van der Waals surface area (Å²) < 4.78 is 29.7. The number of pyridine rings is 1. The lowest BCUT2D eigenvalue weighted by Gasteiger charge is -2.45. The number of hydrogen-bond donors (Lipinski definition) is 0. The minimum atomic E-state index is -1.35. The van der Waals surface area contributed by atoms with Crippen molar-refractivity contribution in [3.63, 3.8) is 0 Å². The average molecular weight is 605 g/mol. The summed E-state index contributed by atoms with van der Waals surface area (Å²) >= 11 is 0. The Hall–Kier alpha value is -3.34. The molecule has 0 amide bonds. The van der Waals surface area contributed by atoms with E-state index in [1.54, 1.807) is 108 Å². The van der Waals surface area contributed by atoms with Crippen molar-refractivity contribution >= 4 is 30.1 Å². The molecule has 1 saturated heterocycles. The normalized spacial score (nSPS) is 23.4. The highest BCUT2D eigenvalue weighted by Crippen LogP contribution is 2.34. The van der Waals surface area contributed by atoms with Crippen molar-refractivity contribution in [3.05, 3.63) is 30.1 Å². The van der Waals surface area contributed by atoms with Gasteiger partial charge in [0.25, 0.3) is 0 Å².